The van der Waals surface area contributed by atoms with Crippen LogP contribution in [0.1, 0.15) is 23.1 Å². The van der Waals surface area contributed by atoms with Gasteiger partial charge in [0.05, 0.1) is 24.7 Å². The van der Waals surface area contributed by atoms with Gasteiger partial charge >= 0.3 is 5.97 Å². The molecule has 0 aliphatic heterocycles. The first-order valence-electron chi connectivity index (χ1n) is 4.43. The number of carbonyl (C=O) groups excluding carboxylic acids is 1. The number of aromatic nitrogens is 1. The van der Waals surface area contributed by atoms with E-state index in [9.17, 15) is 13.6 Å². The van der Waals surface area contributed by atoms with Crippen molar-refractivity contribution in [1.29, 1.82) is 5.26 Å². The molecule has 0 aromatic carbocycles. The predicted molar refractivity (Wildman–Crippen MR) is 54.6 cm³/mol. The molecular formula is C10H7ClF2N2O2. The summed E-state index contributed by atoms with van der Waals surface area (Å²) in [5.74, 6) is -0.684. The molecule has 0 unspecified atom stereocenters. The number of nitrogens with zero attached hydrogens (tertiary/aromatic N) is 2. The first-order valence-corrected chi connectivity index (χ1v) is 4.81. The molecule has 1 heterocycles. The normalized spacial score (nSPS) is 10.1. The highest BCUT2D eigenvalue weighted by Crippen LogP contribution is 2.28. The van der Waals surface area contributed by atoms with Crippen molar-refractivity contribution < 1.29 is 18.3 Å². The van der Waals surface area contributed by atoms with Crippen molar-refractivity contribution in [2.24, 2.45) is 0 Å². The summed E-state index contributed by atoms with van der Waals surface area (Å²) in [7, 11) is 1.15. The second kappa shape index (κ2) is 5.55. The van der Waals surface area contributed by atoms with Crippen LogP contribution in [0.25, 0.3) is 0 Å². The van der Waals surface area contributed by atoms with Crippen molar-refractivity contribution in [3.05, 3.63) is 28.0 Å². The van der Waals surface area contributed by atoms with Gasteiger partial charge in [-0.05, 0) is 0 Å². The Morgan fingerprint density at radius 3 is 2.82 bits per heavy atom. The fourth-order valence-electron chi connectivity index (χ4n) is 1.22. The summed E-state index contributed by atoms with van der Waals surface area (Å²) in [5.41, 5.74) is -0.917. The van der Waals surface area contributed by atoms with Crippen molar-refractivity contribution in [3.63, 3.8) is 0 Å². The lowest BCUT2D eigenvalue weighted by Crippen LogP contribution is -2.09. The fraction of sp³-hybridized carbons (Fsp3) is 0.300. The van der Waals surface area contributed by atoms with Gasteiger partial charge in [-0.15, -0.1) is 0 Å². The fourth-order valence-corrected chi connectivity index (χ4v) is 1.43. The Bertz CT molecular complexity index is 486. The zero-order valence-electron chi connectivity index (χ0n) is 8.71. The Balaban J connectivity index is 3.32. The van der Waals surface area contributed by atoms with Crippen molar-refractivity contribution >= 4 is 17.6 Å². The topological polar surface area (TPSA) is 63.0 Å². The Labute approximate surface area is 101 Å². The maximum absolute atomic E-state index is 12.6. The zero-order valence-corrected chi connectivity index (χ0v) is 9.46. The maximum atomic E-state index is 12.6. The molecule has 1 aromatic rings. The van der Waals surface area contributed by atoms with Gasteiger partial charge in [-0.2, -0.15) is 5.26 Å². The Kier molecular flexibility index (Phi) is 4.35. The highest BCUT2D eigenvalue weighted by molar-refractivity contribution is 6.30. The average Bonchev–Trinajstić information content (AvgIpc) is 2.30. The minimum absolute atomic E-state index is 0.0428. The van der Waals surface area contributed by atoms with Gasteiger partial charge in [0.2, 0.25) is 0 Å². The van der Waals surface area contributed by atoms with E-state index in [-0.39, 0.29) is 22.7 Å². The number of hydrogen-bond acceptors (Lipinski definition) is 4. The second-order valence-corrected chi connectivity index (χ2v) is 3.38. The van der Waals surface area contributed by atoms with Gasteiger partial charge in [0.1, 0.15) is 11.2 Å². The monoisotopic (exact) mass is 260 g/mol. The van der Waals surface area contributed by atoms with Crippen LogP contribution in [0.3, 0.4) is 0 Å². The number of methoxy groups -OCH3 is 1. The summed E-state index contributed by atoms with van der Waals surface area (Å²) in [6.07, 6.45) is -2.40. The van der Waals surface area contributed by atoms with E-state index in [1.807, 2.05) is 0 Å². The van der Waals surface area contributed by atoms with Gasteiger partial charge in [-0.1, -0.05) is 11.6 Å². The van der Waals surface area contributed by atoms with Gasteiger partial charge in [0.15, 0.2) is 0 Å². The van der Waals surface area contributed by atoms with E-state index >= 15 is 0 Å². The molecule has 0 aliphatic rings. The van der Waals surface area contributed by atoms with E-state index in [1.165, 1.54) is 0 Å². The number of carbonyl (C=O) groups is 1. The highest BCUT2D eigenvalue weighted by atomic mass is 35.5. The van der Waals surface area contributed by atoms with E-state index in [0.717, 1.165) is 13.3 Å². The lowest BCUT2D eigenvalue weighted by atomic mass is 10.0. The first kappa shape index (κ1) is 13.3. The lowest BCUT2D eigenvalue weighted by Gasteiger charge is -2.09. The van der Waals surface area contributed by atoms with E-state index in [4.69, 9.17) is 16.9 Å². The van der Waals surface area contributed by atoms with Crippen LogP contribution in [-0.4, -0.2) is 18.1 Å². The molecule has 0 atom stereocenters. The average molecular weight is 261 g/mol. The first-order chi connectivity index (χ1) is 8.01. The molecule has 0 bridgehead atoms. The summed E-state index contributed by atoms with van der Waals surface area (Å²) in [5, 5.41) is 8.68. The molecular weight excluding hydrogens is 254 g/mol. The van der Waals surface area contributed by atoms with E-state index in [1.54, 1.807) is 6.07 Å². The minimum atomic E-state index is -2.86. The lowest BCUT2D eigenvalue weighted by molar-refractivity contribution is -0.139. The zero-order chi connectivity index (χ0) is 13.0. The van der Waals surface area contributed by atoms with Gasteiger partial charge in [-0.3, -0.25) is 4.79 Å². The van der Waals surface area contributed by atoms with Crippen LogP contribution < -0.4 is 0 Å². The molecule has 4 nitrogen and oxygen atoms in total. The molecule has 0 saturated heterocycles. The number of esters is 1. The number of halogens is 3. The summed E-state index contributed by atoms with van der Waals surface area (Å²) < 4.78 is 29.6. The van der Waals surface area contributed by atoms with Crippen LogP contribution in [0.2, 0.25) is 5.15 Å². The molecule has 7 heteroatoms. The Morgan fingerprint density at radius 2 is 2.35 bits per heavy atom. The number of rotatable bonds is 3. The Morgan fingerprint density at radius 1 is 1.71 bits per heavy atom. The van der Waals surface area contributed by atoms with Crippen LogP contribution in [-0.2, 0) is 16.0 Å². The van der Waals surface area contributed by atoms with E-state index < -0.39 is 18.0 Å². The standard InChI is InChI=1S/C10H7ClF2N2O2/c1-17-8(16)2-5-6(3-14)7(10(12)13)4-15-9(5)11/h4,10H,2H2,1H3. The third-order valence-corrected chi connectivity index (χ3v) is 2.38. The molecule has 0 spiro atoms. The molecule has 0 aliphatic carbocycles. The third-order valence-electron chi connectivity index (χ3n) is 2.05. The van der Waals surface area contributed by atoms with Gasteiger partial charge in [0, 0.05) is 11.8 Å². The summed E-state index contributed by atoms with van der Waals surface area (Å²) in [6, 6.07) is 1.60. The Hall–Kier alpha value is -1.74. The molecule has 0 fully saturated rings. The van der Waals surface area contributed by atoms with Crippen molar-refractivity contribution in [1.82, 2.24) is 4.98 Å². The number of alkyl halides is 2. The van der Waals surface area contributed by atoms with Crippen LogP contribution in [0.4, 0.5) is 8.78 Å². The van der Waals surface area contributed by atoms with Crippen molar-refractivity contribution in [2.45, 2.75) is 12.8 Å². The number of pyridine rings is 1. The quantitative estimate of drug-likeness (QED) is 0.618. The van der Waals surface area contributed by atoms with Crippen molar-refractivity contribution in [3.8, 4) is 6.07 Å². The van der Waals surface area contributed by atoms with Gasteiger partial charge in [-0.25, -0.2) is 13.8 Å². The summed E-state index contributed by atoms with van der Waals surface area (Å²) in [4.78, 5) is 14.6. The smallest absolute Gasteiger partial charge is 0.310 e. The molecule has 17 heavy (non-hydrogen) atoms. The summed E-state index contributed by atoms with van der Waals surface area (Å²) in [6.45, 7) is 0. The molecule has 1 rings (SSSR count). The van der Waals surface area contributed by atoms with Crippen LogP contribution >= 0.6 is 11.6 Å². The van der Waals surface area contributed by atoms with Crippen LogP contribution in [0.15, 0.2) is 6.20 Å². The predicted octanol–water partition coefficient (Wildman–Crippen LogP) is 2.26. The second-order valence-electron chi connectivity index (χ2n) is 3.02. The molecule has 90 valence electrons. The van der Waals surface area contributed by atoms with Gasteiger partial charge in [0.25, 0.3) is 6.43 Å². The molecule has 0 radical (unpaired) electrons. The number of hydrogen-bond donors (Lipinski definition) is 0. The number of ether oxygens (including phenoxy) is 1. The van der Waals surface area contributed by atoms with E-state index in [0.29, 0.717) is 0 Å². The minimum Gasteiger partial charge on any atom is -0.469 e. The van der Waals surface area contributed by atoms with Crippen molar-refractivity contribution in [2.75, 3.05) is 7.11 Å². The number of nitriles is 1. The third kappa shape index (κ3) is 2.88. The largest absolute Gasteiger partial charge is 0.469 e. The maximum Gasteiger partial charge on any atom is 0.310 e. The highest BCUT2D eigenvalue weighted by Gasteiger charge is 2.21. The van der Waals surface area contributed by atoms with Crippen LogP contribution in [0, 0.1) is 11.3 Å². The SMILES string of the molecule is COC(=O)Cc1c(Cl)ncc(C(F)F)c1C#N. The molecule has 1 aromatic heterocycles. The summed E-state index contributed by atoms with van der Waals surface area (Å²) >= 11 is 5.67. The van der Waals surface area contributed by atoms with E-state index in [2.05, 4.69) is 9.72 Å². The molecule has 0 saturated carbocycles. The van der Waals surface area contributed by atoms with Gasteiger partial charge < -0.3 is 4.74 Å². The molecule has 0 amide bonds. The van der Waals surface area contributed by atoms with Crippen LogP contribution in [0.5, 0.6) is 0 Å². The molecule has 0 N–H and O–H groups in total.